The molecule has 6 nitrogen and oxygen atoms in total. The lowest BCUT2D eigenvalue weighted by Gasteiger charge is -2.35. The number of hydrogen-bond donors (Lipinski definition) is 0. The largest absolute Gasteiger partial charge is 0.345 e. The van der Waals surface area contributed by atoms with Gasteiger partial charge in [0.1, 0.15) is 5.69 Å². The lowest BCUT2D eigenvalue weighted by molar-refractivity contribution is 0.0636. The fourth-order valence-electron chi connectivity index (χ4n) is 3.35. The summed E-state index contributed by atoms with van der Waals surface area (Å²) in [5.41, 5.74) is 3.70. The predicted octanol–water partition coefficient (Wildman–Crippen LogP) is 2.59. The Bertz CT molecular complexity index is 881. The van der Waals surface area contributed by atoms with Crippen molar-refractivity contribution in [3.63, 3.8) is 0 Å². The Hall–Kier alpha value is -2.89. The van der Waals surface area contributed by atoms with Gasteiger partial charge in [0.2, 0.25) is 0 Å². The van der Waals surface area contributed by atoms with Crippen molar-refractivity contribution in [2.45, 2.75) is 26.4 Å². The zero-order valence-corrected chi connectivity index (χ0v) is 13.8. The maximum Gasteiger partial charge on any atom is 0.273 e. The van der Waals surface area contributed by atoms with E-state index in [9.17, 15) is 4.79 Å². The van der Waals surface area contributed by atoms with E-state index < -0.39 is 0 Å². The first-order valence-corrected chi connectivity index (χ1v) is 8.08. The summed E-state index contributed by atoms with van der Waals surface area (Å²) in [5, 5.41) is 4.21. The molecular formula is C18H19N5O. The van der Waals surface area contributed by atoms with Gasteiger partial charge < -0.3 is 9.47 Å². The number of aryl methyl sites for hydroxylation is 1. The molecule has 24 heavy (non-hydrogen) atoms. The van der Waals surface area contributed by atoms with E-state index >= 15 is 0 Å². The van der Waals surface area contributed by atoms with Gasteiger partial charge in [-0.1, -0.05) is 0 Å². The number of fused-ring (bicyclic) bond motifs is 1. The summed E-state index contributed by atoms with van der Waals surface area (Å²) in [5.74, 6) is -0.0402. The van der Waals surface area contributed by atoms with E-state index in [1.165, 1.54) is 11.4 Å². The van der Waals surface area contributed by atoms with Crippen molar-refractivity contribution < 1.29 is 4.79 Å². The molecule has 0 bridgehead atoms. The summed E-state index contributed by atoms with van der Waals surface area (Å²) in [6, 6.07) is 9.74. The highest BCUT2D eigenvalue weighted by molar-refractivity contribution is 5.93. The van der Waals surface area contributed by atoms with Gasteiger partial charge in [-0.2, -0.15) is 5.10 Å². The standard InChI is InChI=1S/C18H19N5O/c1-13-4-5-17-14(2)22(11-10-21(13)17)18(24)16-12-15(6-8-19-16)23-9-3-7-20-23/h3-9,12,14H,10-11H2,1-2H3/t14-/m1/s1. The maximum atomic E-state index is 13.0. The molecule has 0 spiro atoms. The van der Waals surface area contributed by atoms with Gasteiger partial charge in [-0.3, -0.25) is 9.78 Å². The third kappa shape index (κ3) is 2.31. The van der Waals surface area contributed by atoms with Crippen LogP contribution in [0.3, 0.4) is 0 Å². The molecule has 4 rings (SSSR count). The van der Waals surface area contributed by atoms with Crippen LogP contribution in [0.15, 0.2) is 48.9 Å². The minimum atomic E-state index is -0.0402. The molecule has 1 aliphatic rings. The summed E-state index contributed by atoms with van der Waals surface area (Å²) in [7, 11) is 0. The molecule has 0 saturated carbocycles. The van der Waals surface area contributed by atoms with Crippen molar-refractivity contribution in [3.8, 4) is 5.69 Å². The number of nitrogens with zero attached hydrogens (tertiary/aromatic N) is 5. The number of pyridine rings is 1. The second-order valence-electron chi connectivity index (χ2n) is 6.08. The second kappa shape index (κ2) is 5.63. The van der Waals surface area contributed by atoms with Crippen LogP contribution in [0.4, 0.5) is 0 Å². The topological polar surface area (TPSA) is 56.0 Å². The quantitative estimate of drug-likeness (QED) is 0.729. The fourth-order valence-corrected chi connectivity index (χ4v) is 3.35. The van der Waals surface area contributed by atoms with E-state index in [0.29, 0.717) is 12.2 Å². The Balaban J connectivity index is 1.64. The molecule has 0 unspecified atom stereocenters. The Morgan fingerprint density at radius 3 is 2.88 bits per heavy atom. The Kier molecular flexibility index (Phi) is 3.45. The molecule has 1 atom stereocenters. The molecular weight excluding hydrogens is 302 g/mol. The average molecular weight is 321 g/mol. The highest BCUT2D eigenvalue weighted by Crippen LogP contribution is 2.28. The van der Waals surface area contributed by atoms with Crippen LogP contribution >= 0.6 is 0 Å². The van der Waals surface area contributed by atoms with Crippen LogP contribution in [0.25, 0.3) is 5.69 Å². The first kappa shape index (κ1) is 14.7. The number of carbonyl (C=O) groups excluding carboxylic acids is 1. The molecule has 1 aliphatic heterocycles. The van der Waals surface area contributed by atoms with Crippen molar-refractivity contribution >= 4 is 5.91 Å². The first-order chi connectivity index (χ1) is 11.6. The minimum absolute atomic E-state index is 0.0371. The Morgan fingerprint density at radius 2 is 2.08 bits per heavy atom. The lowest BCUT2D eigenvalue weighted by atomic mass is 10.1. The van der Waals surface area contributed by atoms with Gasteiger partial charge in [0.25, 0.3) is 5.91 Å². The monoisotopic (exact) mass is 321 g/mol. The van der Waals surface area contributed by atoms with Crippen molar-refractivity contribution in [1.29, 1.82) is 0 Å². The summed E-state index contributed by atoms with van der Waals surface area (Å²) < 4.78 is 4.01. The number of hydrogen-bond acceptors (Lipinski definition) is 3. The average Bonchev–Trinajstić information content (AvgIpc) is 3.26. The molecule has 0 aliphatic carbocycles. The summed E-state index contributed by atoms with van der Waals surface area (Å²) in [4.78, 5) is 19.1. The molecule has 122 valence electrons. The first-order valence-electron chi connectivity index (χ1n) is 8.08. The van der Waals surface area contributed by atoms with Crippen LogP contribution in [0.2, 0.25) is 0 Å². The molecule has 0 fully saturated rings. The van der Waals surface area contributed by atoms with Gasteiger partial charge in [-0.05, 0) is 44.2 Å². The Morgan fingerprint density at radius 1 is 1.21 bits per heavy atom. The third-order valence-corrected chi connectivity index (χ3v) is 4.69. The van der Waals surface area contributed by atoms with Gasteiger partial charge in [0, 0.05) is 43.1 Å². The number of rotatable bonds is 2. The number of aromatic nitrogens is 4. The van der Waals surface area contributed by atoms with Gasteiger partial charge in [0.05, 0.1) is 11.7 Å². The summed E-state index contributed by atoms with van der Waals surface area (Å²) >= 11 is 0. The van der Waals surface area contributed by atoms with Gasteiger partial charge >= 0.3 is 0 Å². The molecule has 0 radical (unpaired) electrons. The summed E-state index contributed by atoms with van der Waals surface area (Å²) in [6.45, 7) is 5.68. The van der Waals surface area contributed by atoms with Crippen LogP contribution in [-0.2, 0) is 6.54 Å². The van der Waals surface area contributed by atoms with E-state index in [1.54, 1.807) is 23.1 Å². The normalized spacial score (nSPS) is 16.9. The second-order valence-corrected chi connectivity index (χ2v) is 6.08. The molecule has 6 heteroatoms. The minimum Gasteiger partial charge on any atom is -0.345 e. The zero-order chi connectivity index (χ0) is 16.7. The smallest absolute Gasteiger partial charge is 0.273 e. The van der Waals surface area contributed by atoms with Gasteiger partial charge in [-0.15, -0.1) is 0 Å². The van der Waals surface area contributed by atoms with Crippen LogP contribution in [0.1, 0.15) is 34.8 Å². The molecule has 3 aromatic heterocycles. The van der Waals surface area contributed by atoms with E-state index in [4.69, 9.17) is 0 Å². The zero-order valence-electron chi connectivity index (χ0n) is 13.8. The number of amides is 1. The van der Waals surface area contributed by atoms with E-state index in [0.717, 1.165) is 12.2 Å². The molecule has 3 aromatic rings. The van der Waals surface area contributed by atoms with E-state index in [2.05, 4.69) is 40.6 Å². The lowest BCUT2D eigenvalue weighted by Crippen LogP contribution is -2.41. The van der Waals surface area contributed by atoms with Crippen molar-refractivity contribution in [3.05, 3.63) is 66.0 Å². The van der Waals surface area contributed by atoms with E-state index in [-0.39, 0.29) is 11.9 Å². The van der Waals surface area contributed by atoms with Crippen LogP contribution in [-0.4, -0.2) is 36.7 Å². The van der Waals surface area contributed by atoms with Crippen LogP contribution < -0.4 is 0 Å². The molecule has 0 saturated heterocycles. The summed E-state index contributed by atoms with van der Waals surface area (Å²) in [6.07, 6.45) is 5.22. The van der Waals surface area contributed by atoms with Crippen molar-refractivity contribution in [2.24, 2.45) is 0 Å². The molecule has 1 amide bonds. The van der Waals surface area contributed by atoms with Crippen molar-refractivity contribution in [2.75, 3.05) is 6.54 Å². The highest BCUT2D eigenvalue weighted by atomic mass is 16.2. The Labute approximate surface area is 140 Å². The predicted molar refractivity (Wildman–Crippen MR) is 90.0 cm³/mol. The highest BCUT2D eigenvalue weighted by Gasteiger charge is 2.29. The van der Waals surface area contributed by atoms with Crippen LogP contribution in [0, 0.1) is 6.92 Å². The number of carbonyl (C=O) groups is 1. The van der Waals surface area contributed by atoms with E-state index in [1.807, 2.05) is 23.2 Å². The fraction of sp³-hybridized carbons (Fsp3) is 0.278. The molecule has 4 heterocycles. The molecule has 0 N–H and O–H groups in total. The molecule has 0 aromatic carbocycles. The van der Waals surface area contributed by atoms with Crippen LogP contribution in [0.5, 0.6) is 0 Å². The van der Waals surface area contributed by atoms with Gasteiger partial charge in [-0.25, -0.2) is 4.68 Å². The van der Waals surface area contributed by atoms with Gasteiger partial charge in [0.15, 0.2) is 0 Å². The van der Waals surface area contributed by atoms with Crippen molar-refractivity contribution in [1.82, 2.24) is 24.2 Å². The SMILES string of the molecule is Cc1ccc2n1CCN(C(=O)c1cc(-n3cccn3)ccn1)[C@@H]2C. The third-order valence-electron chi connectivity index (χ3n) is 4.69. The maximum absolute atomic E-state index is 13.0.